The summed E-state index contributed by atoms with van der Waals surface area (Å²) in [5.41, 5.74) is 0.979. The van der Waals surface area contributed by atoms with Gasteiger partial charge in [-0.15, -0.1) is 0 Å². The Hall–Kier alpha value is -2.25. The Morgan fingerprint density at radius 2 is 2.12 bits per heavy atom. The SMILES string of the molecule is Cc1nc(C2CN(C(C(=O)NC(C)C)c3ccccc3)CCO2)n[nH]1. The van der Waals surface area contributed by atoms with E-state index in [1.165, 1.54) is 0 Å². The minimum absolute atomic E-state index is 0.00742. The number of nitrogens with zero attached hydrogens (tertiary/aromatic N) is 3. The van der Waals surface area contributed by atoms with Gasteiger partial charge < -0.3 is 10.1 Å². The minimum atomic E-state index is -0.352. The molecular weight excluding hydrogens is 318 g/mol. The van der Waals surface area contributed by atoms with Crippen LogP contribution in [0, 0.1) is 6.92 Å². The molecule has 0 radical (unpaired) electrons. The van der Waals surface area contributed by atoms with Gasteiger partial charge in [-0.3, -0.25) is 14.8 Å². The monoisotopic (exact) mass is 343 g/mol. The van der Waals surface area contributed by atoms with Crippen molar-refractivity contribution in [2.75, 3.05) is 19.7 Å². The first kappa shape index (κ1) is 17.6. The van der Waals surface area contributed by atoms with E-state index in [1.54, 1.807) is 0 Å². The lowest BCUT2D eigenvalue weighted by atomic mass is 10.0. The molecule has 0 spiro atoms. The van der Waals surface area contributed by atoms with Crippen molar-refractivity contribution in [3.05, 3.63) is 47.5 Å². The number of ether oxygens (including phenoxy) is 1. The Kier molecular flexibility index (Phi) is 5.45. The van der Waals surface area contributed by atoms with Crippen LogP contribution < -0.4 is 5.32 Å². The van der Waals surface area contributed by atoms with Crippen molar-refractivity contribution >= 4 is 5.91 Å². The van der Waals surface area contributed by atoms with Crippen LogP contribution in [0.4, 0.5) is 0 Å². The minimum Gasteiger partial charge on any atom is -0.367 e. The maximum absolute atomic E-state index is 12.9. The third kappa shape index (κ3) is 4.24. The molecule has 0 saturated carbocycles. The molecule has 1 aromatic heterocycles. The number of carbonyl (C=O) groups excluding carboxylic acids is 1. The third-order valence-electron chi connectivity index (χ3n) is 4.16. The summed E-state index contributed by atoms with van der Waals surface area (Å²) >= 11 is 0. The number of hydrogen-bond acceptors (Lipinski definition) is 5. The predicted molar refractivity (Wildman–Crippen MR) is 93.8 cm³/mol. The first-order valence-electron chi connectivity index (χ1n) is 8.64. The number of amides is 1. The maximum atomic E-state index is 12.9. The molecule has 1 aliphatic heterocycles. The molecule has 3 rings (SSSR count). The van der Waals surface area contributed by atoms with Gasteiger partial charge in [-0.1, -0.05) is 30.3 Å². The zero-order chi connectivity index (χ0) is 17.8. The van der Waals surface area contributed by atoms with E-state index in [0.717, 1.165) is 11.4 Å². The highest BCUT2D eigenvalue weighted by Crippen LogP contribution is 2.28. The molecule has 2 heterocycles. The summed E-state index contributed by atoms with van der Waals surface area (Å²) < 4.78 is 5.84. The number of aromatic nitrogens is 3. The molecule has 1 aliphatic rings. The van der Waals surface area contributed by atoms with E-state index in [9.17, 15) is 4.79 Å². The normalized spacial score (nSPS) is 19.8. The zero-order valence-corrected chi connectivity index (χ0v) is 14.9. The number of benzene rings is 1. The highest BCUT2D eigenvalue weighted by molar-refractivity contribution is 5.83. The van der Waals surface area contributed by atoms with Crippen molar-refractivity contribution in [1.82, 2.24) is 25.4 Å². The Morgan fingerprint density at radius 1 is 1.36 bits per heavy atom. The van der Waals surface area contributed by atoms with Crippen LogP contribution in [0.25, 0.3) is 0 Å². The number of carbonyl (C=O) groups is 1. The molecule has 0 bridgehead atoms. The molecule has 25 heavy (non-hydrogen) atoms. The Balaban J connectivity index is 1.83. The summed E-state index contributed by atoms with van der Waals surface area (Å²) in [5.74, 6) is 1.40. The molecule has 2 N–H and O–H groups in total. The van der Waals surface area contributed by atoms with Gasteiger partial charge in [0.25, 0.3) is 0 Å². The first-order valence-corrected chi connectivity index (χ1v) is 8.64. The number of H-pyrrole nitrogens is 1. The van der Waals surface area contributed by atoms with Crippen molar-refractivity contribution in [2.24, 2.45) is 0 Å². The van der Waals surface area contributed by atoms with Crippen molar-refractivity contribution in [2.45, 2.75) is 39.0 Å². The van der Waals surface area contributed by atoms with E-state index < -0.39 is 0 Å². The van der Waals surface area contributed by atoms with Gasteiger partial charge in [-0.05, 0) is 26.3 Å². The lowest BCUT2D eigenvalue weighted by molar-refractivity contribution is -0.131. The average molecular weight is 343 g/mol. The molecule has 1 saturated heterocycles. The molecule has 1 amide bonds. The van der Waals surface area contributed by atoms with E-state index in [1.807, 2.05) is 51.1 Å². The molecule has 1 fully saturated rings. The fourth-order valence-electron chi connectivity index (χ4n) is 3.09. The van der Waals surface area contributed by atoms with Crippen LogP contribution in [0.3, 0.4) is 0 Å². The van der Waals surface area contributed by atoms with Gasteiger partial charge in [0.05, 0.1) is 6.61 Å². The molecule has 2 atom stereocenters. The Labute approximate surface area is 147 Å². The number of morpholine rings is 1. The van der Waals surface area contributed by atoms with E-state index in [-0.39, 0.29) is 24.1 Å². The van der Waals surface area contributed by atoms with Crippen molar-refractivity contribution in [3.8, 4) is 0 Å². The second-order valence-corrected chi connectivity index (χ2v) is 6.61. The van der Waals surface area contributed by atoms with Gasteiger partial charge in [-0.2, -0.15) is 5.10 Å². The van der Waals surface area contributed by atoms with Crippen LogP contribution in [0.1, 0.15) is 43.2 Å². The molecule has 2 unspecified atom stereocenters. The second kappa shape index (κ2) is 7.76. The molecule has 7 nitrogen and oxygen atoms in total. The van der Waals surface area contributed by atoms with Gasteiger partial charge in [0, 0.05) is 19.1 Å². The maximum Gasteiger partial charge on any atom is 0.242 e. The van der Waals surface area contributed by atoms with Crippen molar-refractivity contribution < 1.29 is 9.53 Å². The predicted octanol–water partition coefficient (Wildman–Crippen LogP) is 1.75. The molecule has 0 aliphatic carbocycles. The van der Waals surface area contributed by atoms with Crippen LogP contribution >= 0.6 is 0 Å². The Morgan fingerprint density at radius 3 is 2.76 bits per heavy atom. The van der Waals surface area contributed by atoms with Crippen LogP contribution in [-0.4, -0.2) is 51.7 Å². The lowest BCUT2D eigenvalue weighted by Crippen LogP contribution is -2.48. The molecule has 7 heteroatoms. The van der Waals surface area contributed by atoms with E-state index in [4.69, 9.17) is 4.74 Å². The van der Waals surface area contributed by atoms with Gasteiger partial charge in [0.15, 0.2) is 5.82 Å². The van der Waals surface area contributed by atoms with Crippen molar-refractivity contribution in [3.63, 3.8) is 0 Å². The van der Waals surface area contributed by atoms with Gasteiger partial charge in [0.1, 0.15) is 18.0 Å². The average Bonchev–Trinajstić information content (AvgIpc) is 3.02. The van der Waals surface area contributed by atoms with Crippen LogP contribution in [0.15, 0.2) is 30.3 Å². The zero-order valence-electron chi connectivity index (χ0n) is 14.9. The number of rotatable bonds is 5. The molecule has 1 aromatic carbocycles. The topological polar surface area (TPSA) is 83.1 Å². The number of aryl methyl sites for hydroxylation is 1. The van der Waals surface area contributed by atoms with E-state index >= 15 is 0 Å². The van der Waals surface area contributed by atoms with Gasteiger partial charge in [0.2, 0.25) is 5.91 Å². The molecular formula is C18H25N5O2. The Bertz CT molecular complexity index is 701. The highest BCUT2D eigenvalue weighted by Gasteiger charge is 2.34. The largest absolute Gasteiger partial charge is 0.367 e. The quantitative estimate of drug-likeness (QED) is 0.864. The summed E-state index contributed by atoms with van der Waals surface area (Å²) in [6, 6.07) is 9.60. The lowest BCUT2D eigenvalue weighted by Gasteiger charge is -2.37. The number of nitrogens with one attached hydrogen (secondary N) is 2. The van der Waals surface area contributed by atoms with Crippen LogP contribution in [0.2, 0.25) is 0 Å². The standard InChI is InChI=1S/C18H25N5O2/c1-12(2)19-18(24)16(14-7-5-4-6-8-14)23-9-10-25-15(11-23)17-20-13(3)21-22-17/h4-8,12,15-16H,9-11H2,1-3H3,(H,19,24)(H,20,21,22). The molecule has 2 aromatic rings. The summed E-state index contributed by atoms with van der Waals surface area (Å²) in [6.07, 6.45) is -0.239. The van der Waals surface area contributed by atoms with E-state index in [0.29, 0.717) is 25.5 Å². The fourth-order valence-corrected chi connectivity index (χ4v) is 3.09. The summed E-state index contributed by atoms with van der Waals surface area (Å²) in [5, 5.41) is 10.1. The van der Waals surface area contributed by atoms with Crippen LogP contribution in [0.5, 0.6) is 0 Å². The number of hydrogen-bond donors (Lipinski definition) is 2. The van der Waals surface area contributed by atoms with Crippen molar-refractivity contribution in [1.29, 1.82) is 0 Å². The van der Waals surface area contributed by atoms with Gasteiger partial charge in [-0.25, -0.2) is 4.98 Å². The molecule has 134 valence electrons. The smallest absolute Gasteiger partial charge is 0.242 e. The third-order valence-corrected chi connectivity index (χ3v) is 4.16. The number of aromatic amines is 1. The first-order chi connectivity index (χ1) is 12.0. The second-order valence-electron chi connectivity index (χ2n) is 6.61. The van der Waals surface area contributed by atoms with E-state index in [2.05, 4.69) is 25.4 Å². The fraction of sp³-hybridized carbons (Fsp3) is 0.500. The summed E-state index contributed by atoms with van der Waals surface area (Å²) in [6.45, 7) is 7.60. The van der Waals surface area contributed by atoms with Gasteiger partial charge >= 0.3 is 0 Å². The summed E-state index contributed by atoms with van der Waals surface area (Å²) in [4.78, 5) is 19.4. The van der Waals surface area contributed by atoms with Crippen LogP contribution in [-0.2, 0) is 9.53 Å². The highest BCUT2D eigenvalue weighted by atomic mass is 16.5. The summed E-state index contributed by atoms with van der Waals surface area (Å²) in [7, 11) is 0.